The van der Waals surface area contributed by atoms with Gasteiger partial charge >= 0.3 is 17.9 Å². The van der Waals surface area contributed by atoms with E-state index in [0.29, 0.717) is 16.3 Å². The average Bonchev–Trinajstić information content (AvgIpc) is 3.54. The molecule has 3 atom stereocenters. The average molecular weight is 989 g/mol. The van der Waals surface area contributed by atoms with E-state index in [-0.39, 0.29) is 48.4 Å². The number of carbonyl (C=O) groups is 8. The molecule has 1 aromatic carbocycles. The van der Waals surface area contributed by atoms with Crippen LogP contribution in [0.5, 0.6) is 0 Å². The van der Waals surface area contributed by atoms with Crippen LogP contribution in [0.25, 0.3) is 0 Å². The van der Waals surface area contributed by atoms with Crippen LogP contribution in [0, 0.1) is 0 Å². The third kappa shape index (κ3) is 15.9. The summed E-state index contributed by atoms with van der Waals surface area (Å²) in [4.78, 5) is 94.9. The van der Waals surface area contributed by atoms with E-state index >= 15 is 0 Å². The van der Waals surface area contributed by atoms with Crippen molar-refractivity contribution >= 4 is 68.8 Å². The van der Waals surface area contributed by atoms with Gasteiger partial charge in [-0.2, -0.15) is 0 Å². The smallest absolute Gasteiger partial charge is 0.326 e. The number of carbonyl (C=O) groups excluding carboxylic acids is 5. The Kier molecular flexibility index (Phi) is 18.5. The Morgan fingerprint density at radius 2 is 1.18 bits per heavy atom. The Balaban J connectivity index is 0.000000223. The summed E-state index contributed by atoms with van der Waals surface area (Å²) < 4.78 is 29.9. The molecule has 0 bridgehead atoms. The number of rotatable bonds is 19. The van der Waals surface area contributed by atoms with E-state index in [1.165, 1.54) is 46.0 Å². The van der Waals surface area contributed by atoms with Crippen molar-refractivity contribution in [2.24, 2.45) is 0 Å². The predicted molar refractivity (Wildman–Crippen MR) is 244 cm³/mol. The highest BCUT2D eigenvalue weighted by molar-refractivity contribution is 7.88. The zero-order valence-electron chi connectivity index (χ0n) is 38.7. The van der Waals surface area contributed by atoms with Gasteiger partial charge in [0.05, 0.1) is 22.9 Å². The lowest BCUT2D eigenvalue weighted by Gasteiger charge is -2.40. The van der Waals surface area contributed by atoms with E-state index in [2.05, 4.69) is 41.4 Å². The third-order valence-electron chi connectivity index (χ3n) is 11.4. The van der Waals surface area contributed by atoms with Crippen LogP contribution in [0.4, 0.5) is 0 Å². The van der Waals surface area contributed by atoms with Crippen molar-refractivity contribution in [1.82, 2.24) is 41.4 Å². The molecule has 5 amide bonds. The maximum atomic E-state index is 11.5. The topological polar surface area (TPSA) is 342 Å². The van der Waals surface area contributed by atoms with Crippen molar-refractivity contribution in [1.29, 1.82) is 0 Å². The monoisotopic (exact) mass is 988 g/mol. The standard InChI is InChI=1S/C16H20N2O4.C14H21N3O5S2.C14H19N3O5/c1-10(19)17-14(15(21)22)9-12-4-3-5-13(8-12)16(6-7-16)18-11(2)20;1-9(18)16-14(5-3-4-6-14)13-15-8-10(23-13)7-11(12(19)20)17-24(2,21)22;1-8(18)15-11(13(20)21)6-10-7-12(17-22-10)14(4-3-5-14)16-9(2)19/h3-5,8,14H,6-7,9H2,1-2H3,(H,17,19)(H,18,20)(H,21,22);8,11,17H,3-7H2,1-2H3,(H,16,18)(H,19,20);7,11H,3-6H2,1-2H3,(H,15,18)(H,16,19)(H,20,21). The van der Waals surface area contributed by atoms with Crippen molar-refractivity contribution < 1.29 is 66.6 Å². The number of carboxylic acids is 3. The van der Waals surface area contributed by atoms with Gasteiger partial charge < -0.3 is 46.4 Å². The zero-order valence-corrected chi connectivity index (χ0v) is 40.4. The summed E-state index contributed by atoms with van der Waals surface area (Å²) in [6.45, 7) is 6.94. The number of thiazole rings is 1. The van der Waals surface area contributed by atoms with E-state index in [0.717, 1.165) is 80.2 Å². The summed E-state index contributed by atoms with van der Waals surface area (Å²) in [6, 6.07) is 5.88. The quantitative estimate of drug-likeness (QED) is 0.0828. The number of benzene rings is 1. The van der Waals surface area contributed by atoms with Crippen molar-refractivity contribution in [3.8, 4) is 0 Å². The number of sulfonamides is 1. The number of aromatic nitrogens is 2. The Morgan fingerprint density at radius 1 is 0.662 bits per heavy atom. The second-order valence-electron chi connectivity index (χ2n) is 17.4. The minimum Gasteiger partial charge on any atom is -0.480 e. The van der Waals surface area contributed by atoms with E-state index in [4.69, 9.17) is 9.63 Å². The first-order valence-corrected chi connectivity index (χ1v) is 24.5. The lowest BCUT2D eigenvalue weighted by Crippen LogP contribution is -2.50. The van der Waals surface area contributed by atoms with Crippen LogP contribution < -0.4 is 31.3 Å². The Bertz CT molecular complexity index is 2460. The summed E-state index contributed by atoms with van der Waals surface area (Å²) in [5.74, 6) is -4.26. The van der Waals surface area contributed by atoms with Gasteiger partial charge in [-0.15, -0.1) is 11.3 Å². The summed E-state index contributed by atoms with van der Waals surface area (Å²) in [5, 5.41) is 45.7. The molecule has 6 rings (SSSR count). The number of hydrogen-bond acceptors (Lipinski definition) is 14. The molecule has 0 spiro atoms. The molecule has 0 saturated heterocycles. The highest BCUT2D eigenvalue weighted by Crippen LogP contribution is 2.46. The Labute approximate surface area is 397 Å². The lowest BCUT2D eigenvalue weighted by atomic mass is 9.74. The molecule has 2 aromatic heterocycles. The SMILES string of the molecule is CC(=O)NC(Cc1cc(C2(NC(C)=O)CCC2)no1)C(=O)O.CC(=O)NC(Cc1cccc(C2(NC(C)=O)CC2)c1)C(=O)O.CC(=O)NC1(c2ncc(CC(NS(C)(=O)=O)C(=O)O)s2)CCCC1. The fraction of sp³-hybridized carbons (Fsp3) is 0.545. The third-order valence-corrected chi connectivity index (χ3v) is 13.3. The number of hydrogen-bond donors (Lipinski definition) is 9. The van der Waals surface area contributed by atoms with Crippen LogP contribution in [-0.4, -0.2) is 106 Å². The van der Waals surface area contributed by atoms with Gasteiger partial charge in [0.25, 0.3) is 0 Å². The van der Waals surface area contributed by atoms with Gasteiger partial charge in [0.1, 0.15) is 34.6 Å². The maximum Gasteiger partial charge on any atom is 0.326 e. The number of aliphatic carboxylic acids is 3. The first kappa shape index (κ1) is 54.3. The van der Waals surface area contributed by atoms with Crippen LogP contribution in [0.15, 0.2) is 41.1 Å². The summed E-state index contributed by atoms with van der Waals surface area (Å²) in [5.41, 5.74) is 1.07. The van der Waals surface area contributed by atoms with Gasteiger partial charge in [-0.25, -0.2) is 27.7 Å². The minimum absolute atomic E-state index is 0.00192. The Morgan fingerprint density at radius 3 is 1.65 bits per heavy atom. The van der Waals surface area contributed by atoms with Gasteiger partial charge in [-0.1, -0.05) is 42.3 Å². The number of nitrogens with one attached hydrogen (secondary N) is 6. The van der Waals surface area contributed by atoms with Crippen molar-refractivity contribution in [2.75, 3.05) is 6.26 Å². The molecule has 68 heavy (non-hydrogen) atoms. The molecular formula is C44H60N8O14S2. The zero-order chi connectivity index (χ0) is 50.6. The van der Waals surface area contributed by atoms with Crippen molar-refractivity contribution in [3.05, 3.63) is 69.0 Å². The van der Waals surface area contributed by atoms with Gasteiger partial charge in [0.15, 0.2) is 0 Å². The van der Waals surface area contributed by atoms with Gasteiger partial charge in [-0.05, 0) is 56.1 Å². The molecule has 3 aliphatic carbocycles. The molecule has 3 saturated carbocycles. The van der Waals surface area contributed by atoms with E-state index < -0.39 is 63.0 Å². The molecule has 24 heteroatoms. The molecule has 3 fully saturated rings. The molecule has 0 aliphatic heterocycles. The molecule has 3 unspecified atom stereocenters. The second-order valence-corrected chi connectivity index (χ2v) is 20.3. The maximum absolute atomic E-state index is 11.5. The molecule has 372 valence electrons. The van der Waals surface area contributed by atoms with Crippen LogP contribution in [-0.2, 0) is 84.3 Å². The van der Waals surface area contributed by atoms with E-state index in [1.807, 2.05) is 24.3 Å². The highest BCUT2D eigenvalue weighted by Gasteiger charge is 2.45. The fourth-order valence-electron chi connectivity index (χ4n) is 8.19. The molecule has 2 heterocycles. The Hall–Kier alpha value is -6.27. The molecular weight excluding hydrogens is 929 g/mol. The molecule has 3 aliphatic rings. The van der Waals surface area contributed by atoms with Crippen LogP contribution in [0.2, 0.25) is 0 Å². The van der Waals surface area contributed by atoms with Crippen molar-refractivity contribution in [3.63, 3.8) is 0 Å². The predicted octanol–water partition coefficient (Wildman–Crippen LogP) is 1.86. The van der Waals surface area contributed by atoms with Crippen LogP contribution in [0.1, 0.15) is 125 Å². The number of amides is 5. The number of nitrogens with zero attached hydrogens (tertiary/aromatic N) is 2. The highest BCUT2D eigenvalue weighted by atomic mass is 32.2. The van der Waals surface area contributed by atoms with Gasteiger partial charge in [0.2, 0.25) is 39.6 Å². The summed E-state index contributed by atoms with van der Waals surface area (Å²) >= 11 is 1.32. The minimum atomic E-state index is -3.63. The summed E-state index contributed by atoms with van der Waals surface area (Å²) in [7, 11) is -3.63. The van der Waals surface area contributed by atoms with Crippen molar-refractivity contribution in [2.45, 2.75) is 146 Å². The fourth-order valence-corrected chi connectivity index (χ4v) is 10.0. The molecule has 9 N–H and O–H groups in total. The van der Waals surface area contributed by atoms with E-state index in [1.54, 1.807) is 12.3 Å². The second kappa shape index (κ2) is 23.2. The van der Waals surface area contributed by atoms with Crippen LogP contribution >= 0.6 is 11.3 Å². The lowest BCUT2D eigenvalue weighted by molar-refractivity contribution is -0.142. The normalized spacial score (nSPS) is 17.3. The molecule has 0 radical (unpaired) electrons. The van der Waals surface area contributed by atoms with Gasteiger partial charge in [-0.3, -0.25) is 28.8 Å². The number of carboxylic acid groups (broad SMARTS) is 3. The molecule has 22 nitrogen and oxygen atoms in total. The summed E-state index contributed by atoms with van der Waals surface area (Å²) in [6.07, 6.45) is 10.5. The molecule has 3 aromatic rings. The first-order valence-electron chi connectivity index (χ1n) is 21.8. The largest absolute Gasteiger partial charge is 0.480 e. The van der Waals surface area contributed by atoms with E-state index in [9.17, 15) is 57.0 Å². The van der Waals surface area contributed by atoms with Crippen LogP contribution in [0.3, 0.4) is 0 Å². The van der Waals surface area contributed by atoms with Gasteiger partial charge in [0, 0.05) is 71.0 Å². The first-order chi connectivity index (χ1) is 31.8.